The van der Waals surface area contributed by atoms with Crippen molar-refractivity contribution in [3.8, 4) is 0 Å². The van der Waals surface area contributed by atoms with Gasteiger partial charge in [0.05, 0.1) is 6.10 Å². The van der Waals surface area contributed by atoms with Gasteiger partial charge < -0.3 is 5.11 Å². The van der Waals surface area contributed by atoms with Crippen molar-refractivity contribution in [3.05, 3.63) is 30.1 Å². The van der Waals surface area contributed by atoms with E-state index in [0.29, 0.717) is 0 Å². The van der Waals surface area contributed by atoms with E-state index in [0.717, 1.165) is 18.4 Å². The summed E-state index contributed by atoms with van der Waals surface area (Å²) >= 11 is 0. The number of aliphatic hydroxyl groups excluding tert-OH is 1. The van der Waals surface area contributed by atoms with Crippen LogP contribution in [0.2, 0.25) is 0 Å². The Kier molecular flexibility index (Phi) is 6.02. The normalized spacial score (nSPS) is 12.7. The van der Waals surface area contributed by atoms with Gasteiger partial charge in [0.15, 0.2) is 0 Å². The fraction of sp³-hybridized carbons (Fsp3) is 0.615. The molecular formula is C13H21NO. The summed E-state index contributed by atoms with van der Waals surface area (Å²) in [6, 6.07) is 3.80. The summed E-state index contributed by atoms with van der Waals surface area (Å²) in [4.78, 5) is 4.00. The standard InChI is InChI=1S/C13H21NO/c1-2-3-4-5-6-9-13(15)12-8-7-10-14-11-12/h7-8,10-11,13,15H,2-6,9H2,1H3. The molecule has 0 aliphatic carbocycles. The Bertz CT molecular complexity index is 248. The zero-order chi connectivity index (χ0) is 10.9. The maximum absolute atomic E-state index is 9.84. The number of aromatic nitrogens is 1. The van der Waals surface area contributed by atoms with E-state index in [2.05, 4.69) is 11.9 Å². The molecule has 84 valence electrons. The van der Waals surface area contributed by atoms with E-state index >= 15 is 0 Å². The second-order valence-corrected chi connectivity index (χ2v) is 4.01. The minimum atomic E-state index is -0.333. The fourth-order valence-corrected chi connectivity index (χ4v) is 1.68. The summed E-state index contributed by atoms with van der Waals surface area (Å²) in [6.07, 6.45) is 10.2. The molecule has 1 N–H and O–H groups in total. The Morgan fingerprint density at radius 1 is 1.27 bits per heavy atom. The molecule has 0 saturated heterocycles. The van der Waals surface area contributed by atoms with Crippen LogP contribution in [-0.2, 0) is 0 Å². The minimum Gasteiger partial charge on any atom is -0.388 e. The van der Waals surface area contributed by atoms with Crippen molar-refractivity contribution >= 4 is 0 Å². The third-order valence-electron chi connectivity index (χ3n) is 2.65. The number of rotatable bonds is 7. The molecule has 0 bridgehead atoms. The Morgan fingerprint density at radius 2 is 2.07 bits per heavy atom. The Labute approximate surface area is 92.4 Å². The molecule has 0 radical (unpaired) electrons. The van der Waals surface area contributed by atoms with Crippen LogP contribution in [-0.4, -0.2) is 10.1 Å². The van der Waals surface area contributed by atoms with Gasteiger partial charge in [-0.25, -0.2) is 0 Å². The first-order valence-electron chi connectivity index (χ1n) is 5.92. The lowest BCUT2D eigenvalue weighted by atomic mass is 10.0. The third kappa shape index (κ3) is 4.93. The van der Waals surface area contributed by atoms with Gasteiger partial charge >= 0.3 is 0 Å². The van der Waals surface area contributed by atoms with Gasteiger partial charge in [0.25, 0.3) is 0 Å². The molecule has 1 rings (SSSR count). The maximum Gasteiger partial charge on any atom is 0.0804 e. The molecule has 1 aromatic heterocycles. The van der Waals surface area contributed by atoms with Gasteiger partial charge in [-0.05, 0) is 18.1 Å². The van der Waals surface area contributed by atoms with Crippen molar-refractivity contribution in [1.82, 2.24) is 4.98 Å². The van der Waals surface area contributed by atoms with E-state index in [9.17, 15) is 5.11 Å². The molecule has 2 nitrogen and oxygen atoms in total. The molecule has 0 aliphatic rings. The molecular weight excluding hydrogens is 186 g/mol. The molecule has 0 saturated carbocycles. The molecule has 1 unspecified atom stereocenters. The van der Waals surface area contributed by atoms with Crippen molar-refractivity contribution in [2.45, 2.75) is 51.6 Å². The summed E-state index contributed by atoms with van der Waals surface area (Å²) in [6.45, 7) is 2.21. The molecule has 0 aliphatic heterocycles. The van der Waals surface area contributed by atoms with Crippen molar-refractivity contribution in [1.29, 1.82) is 0 Å². The highest BCUT2D eigenvalue weighted by atomic mass is 16.3. The average molecular weight is 207 g/mol. The number of pyridine rings is 1. The number of aliphatic hydroxyl groups is 1. The second-order valence-electron chi connectivity index (χ2n) is 4.01. The summed E-state index contributed by atoms with van der Waals surface area (Å²) < 4.78 is 0. The molecule has 1 atom stereocenters. The van der Waals surface area contributed by atoms with Gasteiger partial charge in [-0.3, -0.25) is 4.98 Å². The predicted octanol–water partition coefficient (Wildman–Crippen LogP) is 3.48. The highest BCUT2D eigenvalue weighted by molar-refractivity contribution is 5.11. The van der Waals surface area contributed by atoms with Gasteiger partial charge in [-0.1, -0.05) is 45.1 Å². The van der Waals surface area contributed by atoms with Crippen LogP contribution in [0.4, 0.5) is 0 Å². The first-order chi connectivity index (χ1) is 7.34. The summed E-state index contributed by atoms with van der Waals surface area (Å²) in [5.74, 6) is 0. The monoisotopic (exact) mass is 207 g/mol. The van der Waals surface area contributed by atoms with Crippen LogP contribution in [0.25, 0.3) is 0 Å². The van der Waals surface area contributed by atoms with Gasteiger partial charge in [0.2, 0.25) is 0 Å². The predicted molar refractivity (Wildman–Crippen MR) is 62.6 cm³/mol. The van der Waals surface area contributed by atoms with Crippen molar-refractivity contribution in [2.75, 3.05) is 0 Å². The molecule has 0 aromatic carbocycles. The summed E-state index contributed by atoms with van der Waals surface area (Å²) in [5.41, 5.74) is 0.938. The molecule has 0 spiro atoms. The van der Waals surface area contributed by atoms with Crippen LogP contribution in [0.3, 0.4) is 0 Å². The lowest BCUT2D eigenvalue weighted by Gasteiger charge is -2.09. The maximum atomic E-state index is 9.84. The average Bonchev–Trinajstić information content (AvgIpc) is 2.30. The molecule has 1 heterocycles. The van der Waals surface area contributed by atoms with Crippen LogP contribution in [0, 0.1) is 0 Å². The van der Waals surface area contributed by atoms with Crippen molar-refractivity contribution < 1.29 is 5.11 Å². The van der Waals surface area contributed by atoms with E-state index in [1.165, 1.54) is 25.7 Å². The molecule has 1 aromatic rings. The van der Waals surface area contributed by atoms with Crippen LogP contribution in [0.1, 0.15) is 57.1 Å². The summed E-state index contributed by atoms with van der Waals surface area (Å²) in [7, 11) is 0. The van der Waals surface area contributed by atoms with Gasteiger partial charge in [0.1, 0.15) is 0 Å². The van der Waals surface area contributed by atoms with Crippen molar-refractivity contribution in [3.63, 3.8) is 0 Å². The van der Waals surface area contributed by atoms with Crippen LogP contribution < -0.4 is 0 Å². The number of unbranched alkanes of at least 4 members (excludes halogenated alkanes) is 4. The largest absolute Gasteiger partial charge is 0.388 e. The molecule has 0 fully saturated rings. The first kappa shape index (κ1) is 12.2. The second kappa shape index (κ2) is 7.41. The lowest BCUT2D eigenvalue weighted by molar-refractivity contribution is 0.163. The highest BCUT2D eigenvalue weighted by Gasteiger charge is 2.05. The van der Waals surface area contributed by atoms with Gasteiger partial charge in [-0.15, -0.1) is 0 Å². The van der Waals surface area contributed by atoms with Gasteiger partial charge in [0, 0.05) is 12.4 Å². The molecule has 0 amide bonds. The van der Waals surface area contributed by atoms with E-state index in [1.807, 2.05) is 12.1 Å². The fourth-order valence-electron chi connectivity index (χ4n) is 1.68. The number of hydrogen-bond acceptors (Lipinski definition) is 2. The van der Waals surface area contributed by atoms with E-state index in [1.54, 1.807) is 12.4 Å². The van der Waals surface area contributed by atoms with E-state index in [-0.39, 0.29) is 6.10 Å². The van der Waals surface area contributed by atoms with E-state index in [4.69, 9.17) is 0 Å². The molecule has 15 heavy (non-hydrogen) atoms. The molecule has 2 heteroatoms. The smallest absolute Gasteiger partial charge is 0.0804 e. The number of nitrogens with zero attached hydrogens (tertiary/aromatic N) is 1. The third-order valence-corrected chi connectivity index (χ3v) is 2.65. The van der Waals surface area contributed by atoms with Gasteiger partial charge in [-0.2, -0.15) is 0 Å². The van der Waals surface area contributed by atoms with E-state index < -0.39 is 0 Å². The van der Waals surface area contributed by atoms with Crippen LogP contribution in [0.15, 0.2) is 24.5 Å². The number of hydrogen-bond donors (Lipinski definition) is 1. The zero-order valence-electron chi connectivity index (χ0n) is 9.52. The SMILES string of the molecule is CCCCCCCC(O)c1cccnc1. The quantitative estimate of drug-likeness (QED) is 0.694. The zero-order valence-corrected chi connectivity index (χ0v) is 9.52. The minimum absolute atomic E-state index is 0.333. The lowest BCUT2D eigenvalue weighted by Crippen LogP contribution is -1.97. The Morgan fingerprint density at radius 3 is 2.73 bits per heavy atom. The van der Waals surface area contributed by atoms with Crippen LogP contribution in [0.5, 0.6) is 0 Å². The first-order valence-corrected chi connectivity index (χ1v) is 5.92. The Hall–Kier alpha value is -0.890. The van der Waals surface area contributed by atoms with Crippen molar-refractivity contribution in [2.24, 2.45) is 0 Å². The highest BCUT2D eigenvalue weighted by Crippen LogP contribution is 2.18. The Balaban J connectivity index is 2.16. The van der Waals surface area contributed by atoms with Crippen LogP contribution >= 0.6 is 0 Å². The summed E-state index contributed by atoms with van der Waals surface area (Å²) in [5, 5.41) is 9.84. The topological polar surface area (TPSA) is 33.1 Å².